The zero-order chi connectivity index (χ0) is 19.6. The number of ether oxygens (including phenoxy) is 1. The molecule has 0 bridgehead atoms. The van der Waals surface area contributed by atoms with Crippen LogP contribution in [0.1, 0.15) is 45.8 Å². The van der Waals surface area contributed by atoms with E-state index in [0.717, 1.165) is 22.2 Å². The van der Waals surface area contributed by atoms with Crippen molar-refractivity contribution in [3.8, 4) is 0 Å². The first-order chi connectivity index (χ1) is 12.8. The van der Waals surface area contributed by atoms with Crippen molar-refractivity contribution < 1.29 is 14.3 Å². The second kappa shape index (κ2) is 7.58. The molecule has 0 fully saturated rings. The molecule has 0 radical (unpaired) electrons. The third kappa shape index (κ3) is 4.31. The van der Waals surface area contributed by atoms with Gasteiger partial charge in [0.25, 0.3) is 5.91 Å². The normalized spacial score (nSPS) is 10.9. The predicted octanol–water partition coefficient (Wildman–Crippen LogP) is 4.67. The van der Waals surface area contributed by atoms with Crippen molar-refractivity contribution in [2.75, 3.05) is 5.32 Å². The van der Waals surface area contributed by atoms with Gasteiger partial charge in [-0.25, -0.2) is 4.79 Å². The van der Waals surface area contributed by atoms with E-state index in [1.807, 2.05) is 32.0 Å². The Bertz CT molecular complexity index is 1010. The molecule has 0 atom stereocenters. The van der Waals surface area contributed by atoms with Crippen molar-refractivity contribution in [3.05, 3.63) is 70.9 Å². The highest BCUT2D eigenvalue weighted by molar-refractivity contribution is 6.12. The third-order valence-electron chi connectivity index (χ3n) is 4.06. The maximum absolute atomic E-state index is 12.8. The molecule has 0 aliphatic heterocycles. The maximum atomic E-state index is 12.8. The average Bonchev–Trinajstić information content (AvgIpc) is 2.61. The van der Waals surface area contributed by atoms with E-state index in [1.165, 1.54) is 0 Å². The van der Waals surface area contributed by atoms with Gasteiger partial charge in [0.1, 0.15) is 0 Å². The van der Waals surface area contributed by atoms with Crippen molar-refractivity contribution in [1.29, 1.82) is 0 Å². The zero-order valence-electron chi connectivity index (χ0n) is 15.9. The number of nitrogens with zero attached hydrogens (tertiary/aromatic N) is 1. The molecule has 5 nitrogen and oxygen atoms in total. The lowest BCUT2D eigenvalue weighted by Gasteiger charge is -2.11. The van der Waals surface area contributed by atoms with Crippen molar-refractivity contribution in [1.82, 2.24) is 4.98 Å². The average molecular weight is 362 g/mol. The molecule has 0 aliphatic rings. The van der Waals surface area contributed by atoms with Crippen LogP contribution in [-0.4, -0.2) is 23.0 Å². The fraction of sp³-hybridized carbons (Fsp3) is 0.227. The van der Waals surface area contributed by atoms with E-state index in [9.17, 15) is 9.59 Å². The van der Waals surface area contributed by atoms with E-state index in [-0.39, 0.29) is 18.0 Å². The number of hydrogen-bond acceptors (Lipinski definition) is 4. The summed E-state index contributed by atoms with van der Waals surface area (Å²) in [6.45, 7) is 7.45. The van der Waals surface area contributed by atoms with Crippen LogP contribution in [0.2, 0.25) is 0 Å². The minimum atomic E-state index is -0.380. The Balaban J connectivity index is 1.85. The fourth-order valence-electron chi connectivity index (χ4n) is 2.83. The number of carbonyl (C=O) groups excluding carboxylic acids is 2. The maximum Gasteiger partial charge on any atom is 0.338 e. The van der Waals surface area contributed by atoms with Crippen LogP contribution in [0.3, 0.4) is 0 Å². The molecule has 0 saturated heterocycles. The monoisotopic (exact) mass is 362 g/mol. The van der Waals surface area contributed by atoms with Gasteiger partial charge in [-0.15, -0.1) is 0 Å². The van der Waals surface area contributed by atoms with Gasteiger partial charge in [-0.3, -0.25) is 9.78 Å². The van der Waals surface area contributed by atoms with Gasteiger partial charge in [0.05, 0.1) is 22.7 Å². The molecule has 1 N–H and O–H groups in total. The topological polar surface area (TPSA) is 68.3 Å². The van der Waals surface area contributed by atoms with Gasteiger partial charge in [0.15, 0.2) is 0 Å². The fourth-order valence-corrected chi connectivity index (χ4v) is 2.83. The Morgan fingerprint density at radius 3 is 2.37 bits per heavy atom. The summed E-state index contributed by atoms with van der Waals surface area (Å²) in [5, 5.41) is 3.70. The minimum absolute atomic E-state index is 0.177. The van der Waals surface area contributed by atoms with Crippen LogP contribution in [-0.2, 0) is 4.74 Å². The van der Waals surface area contributed by atoms with Gasteiger partial charge in [-0.1, -0.05) is 11.6 Å². The summed E-state index contributed by atoms with van der Waals surface area (Å²) in [5.74, 6) is -0.595. The van der Waals surface area contributed by atoms with Crippen LogP contribution in [0.4, 0.5) is 5.69 Å². The molecule has 2 aromatic carbocycles. The molecule has 1 heterocycles. The summed E-state index contributed by atoms with van der Waals surface area (Å²) < 4.78 is 5.17. The Kier molecular flexibility index (Phi) is 5.21. The summed E-state index contributed by atoms with van der Waals surface area (Å²) >= 11 is 0. The number of anilines is 1. The summed E-state index contributed by atoms with van der Waals surface area (Å²) in [5.41, 5.74) is 4.26. The molecule has 0 unspecified atom stereocenters. The van der Waals surface area contributed by atoms with Gasteiger partial charge in [-0.05, 0) is 70.2 Å². The highest BCUT2D eigenvalue weighted by atomic mass is 16.5. The standard InChI is InChI=1S/C22H22N2O3/c1-13(2)27-22(26)16-6-8-17(9-7-16)24-21(25)19-12-15(4)23-20-10-5-14(3)11-18(19)20/h5-13H,1-4H3,(H,24,25). The first-order valence-corrected chi connectivity index (χ1v) is 8.84. The number of aromatic nitrogens is 1. The van der Waals surface area contributed by atoms with Crippen molar-refractivity contribution in [2.45, 2.75) is 33.8 Å². The SMILES string of the molecule is Cc1ccc2nc(C)cc(C(=O)Nc3ccc(C(=O)OC(C)C)cc3)c2c1. The Morgan fingerprint density at radius 2 is 1.70 bits per heavy atom. The summed E-state index contributed by atoms with van der Waals surface area (Å²) in [6, 6.07) is 14.3. The summed E-state index contributed by atoms with van der Waals surface area (Å²) in [4.78, 5) is 29.2. The second-order valence-electron chi connectivity index (χ2n) is 6.82. The van der Waals surface area contributed by atoms with E-state index in [0.29, 0.717) is 16.8 Å². The Morgan fingerprint density at radius 1 is 1.00 bits per heavy atom. The van der Waals surface area contributed by atoms with Crippen LogP contribution in [0, 0.1) is 13.8 Å². The number of esters is 1. The third-order valence-corrected chi connectivity index (χ3v) is 4.06. The van der Waals surface area contributed by atoms with Crippen molar-refractivity contribution in [3.63, 3.8) is 0 Å². The van der Waals surface area contributed by atoms with Crippen molar-refractivity contribution >= 4 is 28.5 Å². The zero-order valence-corrected chi connectivity index (χ0v) is 15.9. The number of rotatable bonds is 4. The molecule has 0 spiro atoms. The molecule has 3 aromatic rings. The van der Waals surface area contributed by atoms with Crippen LogP contribution >= 0.6 is 0 Å². The number of hydrogen-bond donors (Lipinski definition) is 1. The number of amides is 1. The largest absolute Gasteiger partial charge is 0.459 e. The van der Waals surface area contributed by atoms with Gasteiger partial charge >= 0.3 is 5.97 Å². The van der Waals surface area contributed by atoms with Crippen LogP contribution < -0.4 is 5.32 Å². The van der Waals surface area contributed by atoms with Crippen LogP contribution in [0.5, 0.6) is 0 Å². The molecule has 1 aromatic heterocycles. The van der Waals surface area contributed by atoms with E-state index >= 15 is 0 Å². The molecule has 5 heteroatoms. The smallest absolute Gasteiger partial charge is 0.338 e. The van der Waals surface area contributed by atoms with E-state index in [2.05, 4.69) is 10.3 Å². The predicted molar refractivity (Wildman–Crippen MR) is 106 cm³/mol. The van der Waals surface area contributed by atoms with E-state index in [4.69, 9.17) is 4.74 Å². The van der Waals surface area contributed by atoms with Gasteiger partial charge in [0.2, 0.25) is 0 Å². The summed E-state index contributed by atoms with van der Waals surface area (Å²) in [7, 11) is 0. The molecular weight excluding hydrogens is 340 g/mol. The van der Waals surface area contributed by atoms with Gasteiger partial charge in [0, 0.05) is 16.8 Å². The number of benzene rings is 2. The highest BCUT2D eigenvalue weighted by Gasteiger charge is 2.14. The second-order valence-corrected chi connectivity index (χ2v) is 6.82. The number of nitrogens with one attached hydrogen (secondary N) is 1. The lowest BCUT2D eigenvalue weighted by Crippen LogP contribution is -2.14. The Labute approximate surface area is 158 Å². The molecule has 0 saturated carbocycles. The summed E-state index contributed by atoms with van der Waals surface area (Å²) in [6.07, 6.45) is -0.177. The molecule has 138 valence electrons. The Hall–Kier alpha value is -3.21. The quantitative estimate of drug-likeness (QED) is 0.685. The molecule has 3 rings (SSSR count). The number of aryl methyl sites for hydroxylation is 2. The number of pyridine rings is 1. The first-order valence-electron chi connectivity index (χ1n) is 8.84. The van der Waals surface area contributed by atoms with Gasteiger partial charge < -0.3 is 10.1 Å². The molecule has 27 heavy (non-hydrogen) atoms. The highest BCUT2D eigenvalue weighted by Crippen LogP contribution is 2.21. The number of fused-ring (bicyclic) bond motifs is 1. The van der Waals surface area contributed by atoms with Crippen LogP contribution in [0.15, 0.2) is 48.5 Å². The first kappa shape index (κ1) is 18.6. The van der Waals surface area contributed by atoms with E-state index < -0.39 is 0 Å². The van der Waals surface area contributed by atoms with Gasteiger partial charge in [-0.2, -0.15) is 0 Å². The van der Waals surface area contributed by atoms with Crippen molar-refractivity contribution in [2.24, 2.45) is 0 Å². The van der Waals surface area contributed by atoms with E-state index in [1.54, 1.807) is 44.2 Å². The molecule has 1 amide bonds. The lowest BCUT2D eigenvalue weighted by molar-refractivity contribution is 0.0378. The molecular formula is C22H22N2O3. The lowest BCUT2D eigenvalue weighted by atomic mass is 10.0. The van der Waals surface area contributed by atoms with Crippen LogP contribution in [0.25, 0.3) is 10.9 Å². The molecule has 0 aliphatic carbocycles. The number of carbonyl (C=O) groups is 2. The minimum Gasteiger partial charge on any atom is -0.459 e.